The number of amides is 2. The average Bonchev–Trinajstić information content (AvgIpc) is 2.70. The molecule has 0 bridgehead atoms. The van der Waals surface area contributed by atoms with Crippen LogP contribution >= 0.6 is 0 Å². The highest BCUT2D eigenvalue weighted by Gasteiger charge is 2.29. The van der Waals surface area contributed by atoms with Crippen LogP contribution in [0.1, 0.15) is 50.4 Å². The number of rotatable bonds is 7. The van der Waals surface area contributed by atoms with E-state index < -0.39 is 12.0 Å². The summed E-state index contributed by atoms with van der Waals surface area (Å²) < 4.78 is 10.3. The van der Waals surface area contributed by atoms with E-state index in [0.717, 1.165) is 19.3 Å². The Morgan fingerprint density at radius 2 is 1.86 bits per heavy atom. The smallest absolute Gasteiger partial charge is 0.329 e. The largest absolute Gasteiger partial charge is 0.497 e. The third kappa shape index (κ3) is 5.71. The molecular weight excluding hydrogens is 360 g/mol. The van der Waals surface area contributed by atoms with Crippen LogP contribution in [-0.2, 0) is 14.3 Å². The molecule has 1 aromatic carbocycles. The molecule has 0 spiro atoms. The Labute approximate surface area is 166 Å². The van der Waals surface area contributed by atoms with Crippen LogP contribution in [0.3, 0.4) is 0 Å². The third-order valence-corrected chi connectivity index (χ3v) is 5.02. The molecular formula is C21H30N2O5. The normalized spacial score (nSPS) is 17.8. The molecule has 0 aromatic heterocycles. The van der Waals surface area contributed by atoms with Gasteiger partial charge in [0.2, 0.25) is 0 Å². The molecule has 28 heavy (non-hydrogen) atoms. The summed E-state index contributed by atoms with van der Waals surface area (Å²) in [6.07, 6.45) is 3.04. The molecule has 2 atom stereocenters. The molecule has 1 heterocycles. The number of carbonyl (C=O) groups excluding carboxylic acids is 3. The Morgan fingerprint density at radius 1 is 1.18 bits per heavy atom. The zero-order chi connectivity index (χ0) is 20.7. The first kappa shape index (κ1) is 21.7. The fourth-order valence-corrected chi connectivity index (χ4v) is 3.24. The van der Waals surface area contributed by atoms with Crippen LogP contribution in [0, 0.1) is 5.92 Å². The fourth-order valence-electron chi connectivity index (χ4n) is 3.24. The maximum Gasteiger partial charge on any atom is 0.329 e. The van der Waals surface area contributed by atoms with E-state index >= 15 is 0 Å². The second-order valence-corrected chi connectivity index (χ2v) is 7.46. The van der Waals surface area contributed by atoms with Crippen molar-refractivity contribution in [1.82, 2.24) is 10.2 Å². The van der Waals surface area contributed by atoms with Crippen LogP contribution < -0.4 is 10.1 Å². The van der Waals surface area contributed by atoms with Crippen molar-refractivity contribution in [2.75, 3.05) is 20.3 Å². The Hall–Kier alpha value is -2.57. The highest BCUT2D eigenvalue weighted by atomic mass is 16.5. The van der Waals surface area contributed by atoms with E-state index in [1.807, 2.05) is 20.8 Å². The van der Waals surface area contributed by atoms with E-state index in [2.05, 4.69) is 5.32 Å². The van der Waals surface area contributed by atoms with Crippen molar-refractivity contribution in [2.45, 2.75) is 52.1 Å². The molecule has 0 unspecified atom stereocenters. The summed E-state index contributed by atoms with van der Waals surface area (Å²) >= 11 is 0. The van der Waals surface area contributed by atoms with Gasteiger partial charge in [-0.2, -0.15) is 0 Å². The van der Waals surface area contributed by atoms with Gasteiger partial charge < -0.3 is 19.7 Å². The van der Waals surface area contributed by atoms with Crippen LogP contribution in [0.25, 0.3) is 0 Å². The van der Waals surface area contributed by atoms with Crippen LogP contribution in [-0.4, -0.2) is 55.0 Å². The zero-order valence-electron chi connectivity index (χ0n) is 17.1. The molecule has 1 saturated heterocycles. The number of hydrogen-bond acceptors (Lipinski definition) is 5. The Kier molecular flexibility index (Phi) is 7.84. The lowest BCUT2D eigenvalue weighted by Crippen LogP contribution is -2.47. The summed E-state index contributed by atoms with van der Waals surface area (Å²) in [6.45, 7) is 6.03. The summed E-state index contributed by atoms with van der Waals surface area (Å²) in [5, 5.41) is 2.70. The second kappa shape index (κ2) is 10.1. The van der Waals surface area contributed by atoms with Crippen molar-refractivity contribution in [2.24, 2.45) is 5.92 Å². The predicted molar refractivity (Wildman–Crippen MR) is 105 cm³/mol. The molecule has 1 N–H and O–H groups in total. The summed E-state index contributed by atoms with van der Waals surface area (Å²) in [6, 6.07) is 5.93. The first-order valence-corrected chi connectivity index (χ1v) is 9.74. The number of ether oxygens (including phenoxy) is 2. The summed E-state index contributed by atoms with van der Waals surface area (Å²) in [7, 11) is 1.55. The highest BCUT2D eigenvalue weighted by Crippen LogP contribution is 2.17. The van der Waals surface area contributed by atoms with E-state index in [1.54, 1.807) is 36.3 Å². The van der Waals surface area contributed by atoms with Gasteiger partial charge >= 0.3 is 5.97 Å². The summed E-state index contributed by atoms with van der Waals surface area (Å²) in [5.74, 6) is -0.714. The van der Waals surface area contributed by atoms with Crippen molar-refractivity contribution >= 4 is 17.8 Å². The van der Waals surface area contributed by atoms with E-state index in [0.29, 0.717) is 17.9 Å². The quantitative estimate of drug-likeness (QED) is 0.723. The lowest BCUT2D eigenvalue weighted by Gasteiger charge is -2.33. The maximum atomic E-state index is 12.5. The van der Waals surface area contributed by atoms with Gasteiger partial charge in [-0.3, -0.25) is 9.59 Å². The molecule has 0 saturated carbocycles. The Balaban J connectivity index is 1.93. The number of piperidine rings is 1. The average molecular weight is 390 g/mol. The molecule has 7 heteroatoms. The molecule has 1 aliphatic heterocycles. The molecule has 2 amide bonds. The summed E-state index contributed by atoms with van der Waals surface area (Å²) in [5.41, 5.74) is 0.414. The second-order valence-electron chi connectivity index (χ2n) is 7.46. The fraction of sp³-hybridized carbons (Fsp3) is 0.571. The van der Waals surface area contributed by atoms with Crippen molar-refractivity contribution in [3.63, 3.8) is 0 Å². The molecule has 1 fully saturated rings. The SMILES string of the molecule is COc1ccc(C(=O)N[C@H](C(=O)OCC(=O)N2CCCC[C@@H]2C)C(C)C)cc1. The third-order valence-electron chi connectivity index (χ3n) is 5.02. The van der Waals surface area contributed by atoms with Crippen LogP contribution in [0.2, 0.25) is 0 Å². The van der Waals surface area contributed by atoms with Crippen molar-refractivity contribution in [3.8, 4) is 5.75 Å². The van der Waals surface area contributed by atoms with Crippen LogP contribution in [0.4, 0.5) is 0 Å². The number of esters is 1. The minimum absolute atomic E-state index is 0.163. The molecule has 1 aromatic rings. The van der Waals surface area contributed by atoms with E-state index in [-0.39, 0.29) is 30.4 Å². The molecule has 154 valence electrons. The zero-order valence-corrected chi connectivity index (χ0v) is 17.1. The van der Waals surface area contributed by atoms with E-state index in [9.17, 15) is 14.4 Å². The van der Waals surface area contributed by atoms with Crippen molar-refractivity contribution < 1.29 is 23.9 Å². The minimum atomic E-state index is -0.832. The van der Waals surface area contributed by atoms with E-state index in [1.165, 1.54) is 0 Å². The topological polar surface area (TPSA) is 84.9 Å². The number of nitrogens with one attached hydrogen (secondary N) is 1. The highest BCUT2D eigenvalue weighted by molar-refractivity contribution is 5.97. The van der Waals surface area contributed by atoms with Crippen molar-refractivity contribution in [1.29, 1.82) is 0 Å². The monoisotopic (exact) mass is 390 g/mol. The van der Waals surface area contributed by atoms with Gasteiger partial charge in [0.1, 0.15) is 11.8 Å². The van der Waals surface area contributed by atoms with Gasteiger partial charge in [0, 0.05) is 18.2 Å². The lowest BCUT2D eigenvalue weighted by atomic mass is 10.0. The van der Waals surface area contributed by atoms with E-state index in [4.69, 9.17) is 9.47 Å². The molecule has 0 radical (unpaired) electrons. The minimum Gasteiger partial charge on any atom is -0.497 e. The standard InChI is InChI=1S/C21H30N2O5/c1-14(2)19(22-20(25)16-8-10-17(27-4)11-9-16)21(26)28-13-18(24)23-12-6-5-7-15(23)3/h8-11,14-15,19H,5-7,12-13H2,1-4H3,(H,22,25)/t15-,19-/m0/s1. The van der Waals surface area contributed by atoms with Crippen molar-refractivity contribution in [3.05, 3.63) is 29.8 Å². The molecule has 0 aliphatic carbocycles. The number of carbonyl (C=O) groups is 3. The van der Waals surface area contributed by atoms with Gasteiger partial charge in [-0.15, -0.1) is 0 Å². The maximum absolute atomic E-state index is 12.5. The van der Waals surface area contributed by atoms with Gasteiger partial charge in [0.25, 0.3) is 11.8 Å². The number of hydrogen-bond donors (Lipinski definition) is 1. The van der Waals surface area contributed by atoms with Crippen LogP contribution in [0.5, 0.6) is 5.75 Å². The number of benzene rings is 1. The molecule has 1 aliphatic rings. The molecule has 7 nitrogen and oxygen atoms in total. The first-order valence-electron chi connectivity index (χ1n) is 9.74. The van der Waals surface area contributed by atoms with Gasteiger partial charge in [-0.05, 0) is 56.4 Å². The van der Waals surface area contributed by atoms with Gasteiger partial charge in [0.15, 0.2) is 6.61 Å². The first-order chi connectivity index (χ1) is 13.3. The number of methoxy groups -OCH3 is 1. The Morgan fingerprint density at radius 3 is 2.43 bits per heavy atom. The lowest BCUT2D eigenvalue weighted by molar-refractivity contribution is -0.155. The summed E-state index contributed by atoms with van der Waals surface area (Å²) in [4.78, 5) is 39.1. The number of likely N-dealkylation sites (tertiary alicyclic amines) is 1. The van der Waals surface area contributed by atoms with Gasteiger partial charge in [-0.25, -0.2) is 4.79 Å². The van der Waals surface area contributed by atoms with Crippen LogP contribution in [0.15, 0.2) is 24.3 Å². The van der Waals surface area contributed by atoms with Gasteiger partial charge in [-0.1, -0.05) is 13.8 Å². The number of nitrogens with zero attached hydrogens (tertiary/aromatic N) is 1. The predicted octanol–water partition coefficient (Wildman–Crippen LogP) is 2.39. The molecule has 2 rings (SSSR count). The van der Waals surface area contributed by atoms with Gasteiger partial charge in [0.05, 0.1) is 7.11 Å². The Bertz CT molecular complexity index is 687.